The van der Waals surface area contributed by atoms with Crippen LogP contribution in [-0.4, -0.2) is 72.4 Å². The van der Waals surface area contributed by atoms with Gasteiger partial charge in [-0.1, -0.05) is 23.8 Å². The Morgan fingerprint density at radius 2 is 1.92 bits per heavy atom. The van der Waals surface area contributed by atoms with E-state index in [-0.39, 0.29) is 48.9 Å². The van der Waals surface area contributed by atoms with Crippen LogP contribution in [0.15, 0.2) is 36.4 Å². The van der Waals surface area contributed by atoms with Crippen molar-refractivity contribution >= 4 is 24.2 Å². The maximum atomic E-state index is 13.3. The van der Waals surface area contributed by atoms with E-state index in [4.69, 9.17) is 9.47 Å². The van der Waals surface area contributed by atoms with Gasteiger partial charge in [0, 0.05) is 24.7 Å². The van der Waals surface area contributed by atoms with Gasteiger partial charge in [-0.3, -0.25) is 9.59 Å². The fourth-order valence-corrected chi connectivity index (χ4v) is 5.60. The molecule has 0 aliphatic carbocycles. The topological polar surface area (TPSA) is 100 Å². The largest absolute Gasteiger partial charge is 0.493 e. The second-order valence-corrected chi connectivity index (χ2v) is 10.0. The summed E-state index contributed by atoms with van der Waals surface area (Å²) in [5, 5.41) is 17.0. The van der Waals surface area contributed by atoms with Crippen molar-refractivity contribution in [2.24, 2.45) is 0 Å². The molecule has 200 valence electrons. The molecule has 0 spiro atoms. The summed E-state index contributed by atoms with van der Waals surface area (Å²) in [6, 6.07) is 11.4. The lowest BCUT2D eigenvalue weighted by Gasteiger charge is -2.34. The predicted molar refractivity (Wildman–Crippen MR) is 143 cm³/mol. The Morgan fingerprint density at radius 1 is 1.16 bits per heavy atom. The first-order valence-electron chi connectivity index (χ1n) is 12.9. The molecular formula is C28H36ClN3O5. The number of aliphatic hydroxyl groups excluding tert-OH is 1. The third-order valence-corrected chi connectivity index (χ3v) is 7.54. The standard InChI is InChI=1S/C28H35N3O5.ClH/c1-3-36-26-12-18(28(34)31-21-7-8-22(31)16-35-15-21)6-9-23(26)27(33)30-14-25(32)24-11-20-10-17(2)4-5-19(20)13-29-24;/h4-6,9-10,12,21-22,24-25,29,32H,3,7-8,11,13-16H2,1-2H3,(H,30,33);1H/t21?,22?,24-,25+;/m0./s1. The van der Waals surface area contributed by atoms with E-state index in [9.17, 15) is 14.7 Å². The molecule has 2 aromatic rings. The van der Waals surface area contributed by atoms with E-state index in [0.29, 0.717) is 49.7 Å². The zero-order valence-electron chi connectivity index (χ0n) is 21.4. The van der Waals surface area contributed by atoms with E-state index >= 15 is 0 Å². The van der Waals surface area contributed by atoms with E-state index in [2.05, 4.69) is 35.8 Å². The highest BCUT2D eigenvalue weighted by molar-refractivity contribution is 6.00. The van der Waals surface area contributed by atoms with Crippen LogP contribution in [0.2, 0.25) is 0 Å². The van der Waals surface area contributed by atoms with Gasteiger partial charge in [0.25, 0.3) is 11.8 Å². The Balaban J connectivity index is 0.00000320. The van der Waals surface area contributed by atoms with Crippen molar-refractivity contribution in [2.45, 2.75) is 63.9 Å². The third kappa shape index (κ3) is 5.77. The van der Waals surface area contributed by atoms with Crippen molar-refractivity contribution in [2.75, 3.05) is 26.4 Å². The smallest absolute Gasteiger partial charge is 0.255 e. The average Bonchev–Trinajstić information content (AvgIpc) is 3.13. The van der Waals surface area contributed by atoms with Crippen LogP contribution in [0, 0.1) is 6.92 Å². The molecule has 2 bridgehead atoms. The summed E-state index contributed by atoms with van der Waals surface area (Å²) in [6.07, 6.45) is 1.88. The molecule has 0 saturated carbocycles. The summed E-state index contributed by atoms with van der Waals surface area (Å²) < 4.78 is 11.3. The van der Waals surface area contributed by atoms with Crippen molar-refractivity contribution in [3.63, 3.8) is 0 Å². The lowest BCUT2D eigenvalue weighted by Crippen LogP contribution is -2.49. The van der Waals surface area contributed by atoms with E-state index in [1.165, 1.54) is 16.7 Å². The number of carbonyl (C=O) groups is 2. The number of nitrogens with one attached hydrogen (secondary N) is 2. The number of morpholine rings is 1. The molecule has 0 aromatic heterocycles. The van der Waals surface area contributed by atoms with Crippen LogP contribution in [0.25, 0.3) is 0 Å². The second-order valence-electron chi connectivity index (χ2n) is 10.0. The number of benzene rings is 2. The lowest BCUT2D eigenvalue weighted by atomic mass is 9.91. The number of rotatable bonds is 7. The third-order valence-electron chi connectivity index (χ3n) is 7.54. The Labute approximate surface area is 224 Å². The molecule has 2 unspecified atom stereocenters. The van der Waals surface area contributed by atoms with Crippen LogP contribution in [0.5, 0.6) is 5.75 Å². The summed E-state index contributed by atoms with van der Waals surface area (Å²) in [4.78, 5) is 28.2. The Bertz CT molecular complexity index is 1130. The first-order valence-corrected chi connectivity index (χ1v) is 12.9. The number of nitrogens with zero attached hydrogens (tertiary/aromatic N) is 1. The molecule has 4 atom stereocenters. The van der Waals surface area contributed by atoms with Gasteiger partial charge in [0.15, 0.2) is 0 Å². The molecule has 2 amide bonds. The minimum absolute atomic E-state index is 0. The molecule has 9 heteroatoms. The predicted octanol–water partition coefficient (Wildman–Crippen LogP) is 2.62. The van der Waals surface area contributed by atoms with Gasteiger partial charge in [-0.15, -0.1) is 12.4 Å². The van der Waals surface area contributed by atoms with E-state index in [0.717, 1.165) is 12.8 Å². The molecule has 0 radical (unpaired) electrons. The molecule has 3 aliphatic heterocycles. The molecule has 5 rings (SSSR count). The van der Waals surface area contributed by atoms with Crippen molar-refractivity contribution in [1.82, 2.24) is 15.5 Å². The highest BCUT2D eigenvalue weighted by atomic mass is 35.5. The van der Waals surface area contributed by atoms with Gasteiger partial charge in [-0.05, 0) is 62.4 Å². The first-order chi connectivity index (χ1) is 17.4. The summed E-state index contributed by atoms with van der Waals surface area (Å²) in [7, 11) is 0. The minimum atomic E-state index is -0.740. The fraction of sp³-hybridized carbons (Fsp3) is 0.500. The maximum Gasteiger partial charge on any atom is 0.255 e. The molecular weight excluding hydrogens is 494 g/mol. The molecule has 2 fully saturated rings. The van der Waals surface area contributed by atoms with Gasteiger partial charge < -0.3 is 30.1 Å². The van der Waals surface area contributed by atoms with Gasteiger partial charge >= 0.3 is 0 Å². The summed E-state index contributed by atoms with van der Waals surface area (Å²) in [6.45, 7) is 6.23. The number of amides is 2. The van der Waals surface area contributed by atoms with Gasteiger partial charge in [-0.2, -0.15) is 0 Å². The van der Waals surface area contributed by atoms with E-state index in [1.807, 2.05) is 11.8 Å². The van der Waals surface area contributed by atoms with Gasteiger partial charge in [0.1, 0.15) is 5.75 Å². The van der Waals surface area contributed by atoms with Crippen LogP contribution in [0.3, 0.4) is 0 Å². The SMILES string of the molecule is CCOc1cc(C(=O)N2C3CCC2COC3)ccc1C(=O)NC[C@@H](O)[C@@H]1Cc2cc(C)ccc2CN1.Cl. The number of aliphatic hydroxyl groups is 1. The van der Waals surface area contributed by atoms with Crippen molar-refractivity contribution in [1.29, 1.82) is 0 Å². The van der Waals surface area contributed by atoms with Gasteiger partial charge in [0.05, 0.1) is 43.6 Å². The molecule has 2 aromatic carbocycles. The Morgan fingerprint density at radius 3 is 2.65 bits per heavy atom. The quantitative estimate of drug-likeness (QED) is 0.510. The number of ether oxygens (including phenoxy) is 2. The van der Waals surface area contributed by atoms with Crippen molar-refractivity contribution in [3.05, 3.63) is 64.2 Å². The van der Waals surface area contributed by atoms with Crippen molar-refractivity contribution < 1.29 is 24.2 Å². The average molecular weight is 530 g/mol. The van der Waals surface area contributed by atoms with E-state index < -0.39 is 6.10 Å². The van der Waals surface area contributed by atoms with Gasteiger partial charge in [0.2, 0.25) is 0 Å². The monoisotopic (exact) mass is 529 g/mol. The molecule has 2 saturated heterocycles. The summed E-state index contributed by atoms with van der Waals surface area (Å²) in [5.74, 6) is -0.0147. The number of fused-ring (bicyclic) bond motifs is 3. The molecule has 3 aliphatic rings. The highest BCUT2D eigenvalue weighted by Crippen LogP contribution is 2.31. The number of hydrogen-bond donors (Lipinski definition) is 3. The van der Waals surface area contributed by atoms with Crippen LogP contribution in [0.1, 0.15) is 57.2 Å². The van der Waals surface area contributed by atoms with E-state index in [1.54, 1.807) is 18.2 Å². The second kappa shape index (κ2) is 11.8. The summed E-state index contributed by atoms with van der Waals surface area (Å²) in [5.41, 5.74) is 4.53. The highest BCUT2D eigenvalue weighted by Gasteiger charge is 2.40. The lowest BCUT2D eigenvalue weighted by molar-refractivity contribution is -0.00717. The number of hydrogen-bond acceptors (Lipinski definition) is 6. The maximum absolute atomic E-state index is 13.3. The Hall–Kier alpha value is -2.65. The van der Waals surface area contributed by atoms with Crippen LogP contribution >= 0.6 is 12.4 Å². The van der Waals surface area contributed by atoms with Crippen LogP contribution < -0.4 is 15.4 Å². The van der Waals surface area contributed by atoms with Crippen molar-refractivity contribution in [3.8, 4) is 5.75 Å². The first kappa shape index (κ1) is 27.4. The zero-order valence-corrected chi connectivity index (χ0v) is 22.2. The minimum Gasteiger partial charge on any atom is -0.493 e. The van der Waals surface area contributed by atoms with Crippen LogP contribution in [-0.2, 0) is 17.7 Å². The molecule has 3 heterocycles. The number of aryl methyl sites for hydroxylation is 1. The molecule has 8 nitrogen and oxygen atoms in total. The fourth-order valence-electron chi connectivity index (χ4n) is 5.60. The van der Waals surface area contributed by atoms with Crippen LogP contribution in [0.4, 0.5) is 0 Å². The Kier molecular flexibility index (Phi) is 8.75. The normalized spacial score (nSPS) is 23.0. The number of carbonyl (C=O) groups excluding carboxylic acids is 2. The number of halogens is 1. The van der Waals surface area contributed by atoms with Gasteiger partial charge in [-0.25, -0.2) is 0 Å². The molecule has 3 N–H and O–H groups in total. The molecule has 37 heavy (non-hydrogen) atoms. The summed E-state index contributed by atoms with van der Waals surface area (Å²) >= 11 is 0. The zero-order chi connectivity index (χ0) is 25.2.